The van der Waals surface area contributed by atoms with E-state index < -0.39 is 7.12 Å². The molecule has 1 aromatic heterocycles. The van der Waals surface area contributed by atoms with Gasteiger partial charge in [0.05, 0.1) is 0 Å². The highest BCUT2D eigenvalue weighted by molar-refractivity contribution is 6.58. The summed E-state index contributed by atoms with van der Waals surface area (Å²) in [6.45, 7) is 9.16. The molecule has 0 fully saturated rings. The minimum absolute atomic E-state index is 0.0317. The zero-order valence-corrected chi connectivity index (χ0v) is 35.8. The number of benzene rings is 8. The predicted octanol–water partition coefficient (Wildman–Crippen LogP) is 12.2. The van der Waals surface area contributed by atoms with E-state index in [0.29, 0.717) is 22.9 Å². The smallest absolute Gasteiger partial charge is 0.423 e. The molecule has 0 saturated heterocycles. The zero-order valence-electron chi connectivity index (χ0n) is 35.8. The van der Waals surface area contributed by atoms with E-state index in [1.165, 1.54) is 50.1 Å². The van der Waals surface area contributed by atoms with Crippen molar-refractivity contribution < 1.29 is 10.0 Å². The van der Waals surface area contributed by atoms with Crippen molar-refractivity contribution >= 4 is 12.6 Å². The molecule has 0 bridgehead atoms. The van der Waals surface area contributed by atoms with Crippen molar-refractivity contribution in [2.24, 2.45) is 0 Å². The molecule has 0 amide bonds. The number of hydrogen-bond acceptors (Lipinski definition) is 5. The second-order valence-electron chi connectivity index (χ2n) is 17.5. The number of hydrogen-bond donors (Lipinski definition) is 2. The van der Waals surface area contributed by atoms with Gasteiger partial charge in [-0.25, -0.2) is 15.0 Å². The van der Waals surface area contributed by atoms with Gasteiger partial charge in [-0.3, -0.25) is 0 Å². The van der Waals surface area contributed by atoms with Gasteiger partial charge < -0.3 is 10.0 Å². The lowest BCUT2D eigenvalue weighted by atomic mass is 9.78. The first kappa shape index (κ1) is 39.9. The molecule has 63 heavy (non-hydrogen) atoms. The van der Waals surface area contributed by atoms with Crippen molar-refractivity contribution in [2.75, 3.05) is 0 Å². The molecule has 8 aromatic carbocycles. The molecule has 0 unspecified atom stereocenters. The quantitative estimate of drug-likeness (QED) is 0.163. The van der Waals surface area contributed by atoms with Crippen molar-refractivity contribution in [1.29, 1.82) is 0 Å². The Morgan fingerprint density at radius 2 is 0.683 bits per heavy atom. The van der Waals surface area contributed by atoms with Gasteiger partial charge in [-0.2, -0.15) is 0 Å². The molecule has 2 aliphatic rings. The van der Waals surface area contributed by atoms with Crippen LogP contribution in [0.5, 0.6) is 0 Å². The van der Waals surface area contributed by atoms with Gasteiger partial charge in [0.25, 0.3) is 0 Å². The van der Waals surface area contributed by atoms with Crippen LogP contribution in [0.3, 0.4) is 0 Å². The average Bonchev–Trinajstić information content (AvgIpc) is 3.71. The van der Waals surface area contributed by atoms with Crippen molar-refractivity contribution in [1.82, 2.24) is 15.0 Å². The number of aromatic nitrogens is 3. The molecule has 0 aliphatic heterocycles. The first-order valence-electron chi connectivity index (χ1n) is 21.5. The van der Waals surface area contributed by atoms with Gasteiger partial charge in [0.2, 0.25) is 0 Å². The second-order valence-corrected chi connectivity index (χ2v) is 17.5. The third-order valence-corrected chi connectivity index (χ3v) is 12.8. The minimum atomic E-state index is -1.44. The highest BCUT2D eigenvalue weighted by Gasteiger charge is 2.36. The van der Waals surface area contributed by atoms with Crippen LogP contribution in [0.4, 0.5) is 0 Å². The molecule has 0 saturated carbocycles. The SMILES string of the molecule is CC1(C)c2ccccc2-c2ccc(-c3cccc(-c4nc(-c5ccccc5)nc(-c5ccccc5)n4)c3)cc21.CC1(C)c2ccccc2-c2ccc(-c3cccc(B(O)O)c3)cc21. The molecule has 6 heteroatoms. The summed E-state index contributed by atoms with van der Waals surface area (Å²) < 4.78 is 0. The highest BCUT2D eigenvalue weighted by Crippen LogP contribution is 2.51. The number of nitrogens with zero attached hydrogens (tertiary/aromatic N) is 3. The molecule has 5 nitrogen and oxygen atoms in total. The third kappa shape index (κ3) is 7.27. The molecule has 304 valence electrons. The monoisotopic (exact) mass is 815 g/mol. The van der Waals surface area contributed by atoms with Crippen molar-refractivity contribution in [3.63, 3.8) is 0 Å². The second kappa shape index (κ2) is 15.9. The molecule has 0 radical (unpaired) electrons. The fourth-order valence-corrected chi connectivity index (χ4v) is 9.42. The standard InChI is InChI=1S/C36H27N3.C21H19BO2/c1-36(2)31-19-10-9-18-29(31)30-21-20-27(23-32(30)36)26-16-11-17-28(22-26)35-38-33(24-12-5-3-6-13-24)37-34(39-35)25-14-7-4-8-15-25;1-21(2)19-9-4-3-8-17(19)18-11-10-15(13-20(18)21)14-6-5-7-16(12-14)22(23)24/h3-23H,1-2H3;3-13,23-24H,1-2H3. The van der Waals surface area contributed by atoms with Gasteiger partial charge in [-0.15, -0.1) is 0 Å². The van der Waals surface area contributed by atoms with E-state index in [0.717, 1.165) is 33.4 Å². The van der Waals surface area contributed by atoms with Crippen LogP contribution >= 0.6 is 0 Å². The molecule has 0 spiro atoms. The number of fused-ring (bicyclic) bond motifs is 6. The van der Waals surface area contributed by atoms with Crippen LogP contribution < -0.4 is 5.46 Å². The van der Waals surface area contributed by atoms with Crippen LogP contribution in [-0.4, -0.2) is 32.1 Å². The van der Waals surface area contributed by atoms with Gasteiger partial charge >= 0.3 is 7.12 Å². The van der Waals surface area contributed by atoms with E-state index in [1.807, 2.05) is 78.9 Å². The molecule has 2 N–H and O–H groups in total. The van der Waals surface area contributed by atoms with E-state index in [1.54, 1.807) is 6.07 Å². The summed E-state index contributed by atoms with van der Waals surface area (Å²) in [4.78, 5) is 14.7. The van der Waals surface area contributed by atoms with E-state index in [4.69, 9.17) is 15.0 Å². The van der Waals surface area contributed by atoms with Gasteiger partial charge in [0, 0.05) is 27.5 Å². The van der Waals surface area contributed by atoms with Crippen molar-refractivity contribution in [3.05, 3.63) is 216 Å². The van der Waals surface area contributed by atoms with Gasteiger partial charge in [0.1, 0.15) is 0 Å². The normalized spacial score (nSPS) is 13.5. The maximum atomic E-state index is 9.41. The first-order chi connectivity index (χ1) is 30.6. The summed E-state index contributed by atoms with van der Waals surface area (Å²) in [6, 6.07) is 66.8. The highest BCUT2D eigenvalue weighted by atomic mass is 16.4. The Morgan fingerprint density at radius 1 is 0.317 bits per heavy atom. The van der Waals surface area contributed by atoms with E-state index >= 15 is 0 Å². The summed E-state index contributed by atoms with van der Waals surface area (Å²) in [7, 11) is -1.44. The van der Waals surface area contributed by atoms with Crippen LogP contribution in [0.2, 0.25) is 0 Å². The minimum Gasteiger partial charge on any atom is -0.423 e. The van der Waals surface area contributed by atoms with Crippen molar-refractivity contribution in [2.45, 2.75) is 38.5 Å². The van der Waals surface area contributed by atoms with Gasteiger partial charge in [0.15, 0.2) is 17.5 Å². The lowest BCUT2D eigenvalue weighted by molar-refractivity contribution is 0.426. The molecule has 1 heterocycles. The predicted molar refractivity (Wildman–Crippen MR) is 258 cm³/mol. The lowest BCUT2D eigenvalue weighted by Gasteiger charge is -2.22. The largest absolute Gasteiger partial charge is 0.488 e. The van der Waals surface area contributed by atoms with Crippen LogP contribution in [-0.2, 0) is 10.8 Å². The van der Waals surface area contributed by atoms with Crippen LogP contribution in [0.15, 0.2) is 194 Å². The maximum Gasteiger partial charge on any atom is 0.488 e. The zero-order chi connectivity index (χ0) is 43.3. The topological polar surface area (TPSA) is 79.1 Å². The van der Waals surface area contributed by atoms with E-state index in [-0.39, 0.29) is 10.8 Å². The van der Waals surface area contributed by atoms with Crippen molar-refractivity contribution in [3.8, 4) is 78.7 Å². The Morgan fingerprint density at radius 3 is 1.17 bits per heavy atom. The summed E-state index contributed by atoms with van der Waals surface area (Å²) in [6.07, 6.45) is 0. The van der Waals surface area contributed by atoms with Gasteiger partial charge in [-0.05, 0) is 90.4 Å². The summed E-state index contributed by atoms with van der Waals surface area (Å²) in [5.74, 6) is 2.00. The molecule has 9 aromatic rings. The maximum absolute atomic E-state index is 9.41. The molecule has 0 atom stereocenters. The number of rotatable bonds is 6. The Hall–Kier alpha value is -7.25. The summed E-state index contributed by atoms with van der Waals surface area (Å²) in [5.41, 5.74) is 18.5. The Bertz CT molecular complexity index is 3100. The van der Waals surface area contributed by atoms with E-state index in [2.05, 4.69) is 137 Å². The van der Waals surface area contributed by atoms with Crippen LogP contribution in [0, 0.1) is 0 Å². The first-order valence-corrected chi connectivity index (χ1v) is 21.5. The summed E-state index contributed by atoms with van der Waals surface area (Å²) in [5, 5.41) is 18.8. The van der Waals surface area contributed by atoms with E-state index in [9.17, 15) is 10.0 Å². The molecular weight excluding hydrogens is 769 g/mol. The molecular formula is C57H46BN3O2. The third-order valence-electron chi connectivity index (χ3n) is 12.8. The van der Waals surface area contributed by atoms with Gasteiger partial charge in [-0.1, -0.05) is 204 Å². The Kier molecular flexibility index (Phi) is 10.1. The fraction of sp³-hybridized carbons (Fsp3) is 0.105. The van der Waals surface area contributed by atoms with Crippen LogP contribution in [0.1, 0.15) is 49.9 Å². The summed E-state index contributed by atoms with van der Waals surface area (Å²) >= 11 is 0. The molecule has 2 aliphatic carbocycles. The average molecular weight is 816 g/mol. The fourth-order valence-electron chi connectivity index (χ4n) is 9.42. The lowest BCUT2D eigenvalue weighted by Crippen LogP contribution is -2.29. The Balaban J connectivity index is 0.000000168. The van der Waals surface area contributed by atoms with Crippen LogP contribution in [0.25, 0.3) is 78.7 Å². The Labute approximate surface area is 369 Å². The molecule has 11 rings (SSSR count).